The number of halogens is 1. The molecule has 1 fully saturated rings. The van der Waals surface area contributed by atoms with E-state index in [4.69, 9.17) is 30.5 Å². The molecule has 8 nitrogen and oxygen atoms in total. The number of thioether (sulfide) groups is 1. The quantitative estimate of drug-likeness (QED) is 0.125. The van der Waals surface area contributed by atoms with Crippen molar-refractivity contribution in [1.82, 2.24) is 4.90 Å². The van der Waals surface area contributed by atoms with E-state index in [0.717, 1.165) is 33.5 Å². The summed E-state index contributed by atoms with van der Waals surface area (Å²) in [5, 5.41) is -0.273. The van der Waals surface area contributed by atoms with Gasteiger partial charge in [-0.3, -0.25) is 14.5 Å². The molecule has 2 amide bonds. The average molecular weight is 610 g/mol. The van der Waals surface area contributed by atoms with Crippen LogP contribution in [0.25, 0.3) is 6.08 Å². The lowest BCUT2D eigenvalue weighted by Gasteiger charge is -2.17. The Hall–Kier alpha value is -3.95. The molecule has 0 spiro atoms. The summed E-state index contributed by atoms with van der Waals surface area (Å²) < 4.78 is 22.4. The van der Waals surface area contributed by atoms with E-state index in [9.17, 15) is 14.4 Å². The second-order valence-corrected chi connectivity index (χ2v) is 11.2. The van der Waals surface area contributed by atoms with Crippen LogP contribution >= 0.6 is 23.4 Å². The number of aryl methyl sites for hydroxylation is 1. The fourth-order valence-electron chi connectivity index (χ4n) is 4.25. The Morgan fingerprint density at radius 1 is 1.02 bits per heavy atom. The molecule has 42 heavy (non-hydrogen) atoms. The van der Waals surface area contributed by atoms with Crippen LogP contribution < -0.4 is 18.9 Å². The van der Waals surface area contributed by atoms with Crippen molar-refractivity contribution >= 4 is 46.6 Å². The van der Waals surface area contributed by atoms with Crippen molar-refractivity contribution < 1.29 is 33.3 Å². The second kappa shape index (κ2) is 13.8. The zero-order chi connectivity index (χ0) is 30.4. The highest BCUT2D eigenvalue weighted by molar-refractivity contribution is 8.18. The van der Waals surface area contributed by atoms with E-state index in [1.165, 1.54) is 7.11 Å². The zero-order valence-corrected chi connectivity index (χ0v) is 25.6. The van der Waals surface area contributed by atoms with E-state index >= 15 is 0 Å². The molecule has 0 saturated carbocycles. The van der Waals surface area contributed by atoms with Crippen molar-refractivity contribution in [1.29, 1.82) is 0 Å². The molecule has 0 unspecified atom stereocenters. The Morgan fingerprint density at radius 3 is 2.43 bits per heavy atom. The van der Waals surface area contributed by atoms with Crippen molar-refractivity contribution in [2.24, 2.45) is 0 Å². The topological polar surface area (TPSA) is 91.4 Å². The lowest BCUT2D eigenvalue weighted by atomic mass is 10.0. The molecule has 220 valence electrons. The summed E-state index contributed by atoms with van der Waals surface area (Å²) >= 11 is 7.35. The molecule has 3 aromatic rings. The van der Waals surface area contributed by atoms with Gasteiger partial charge in [0.1, 0.15) is 18.1 Å². The normalized spacial score (nSPS) is 14.1. The Bertz CT molecular complexity index is 1520. The van der Waals surface area contributed by atoms with Gasteiger partial charge in [-0.15, -0.1) is 0 Å². The van der Waals surface area contributed by atoms with Crippen molar-refractivity contribution in [2.75, 3.05) is 26.9 Å². The molecule has 0 bridgehead atoms. The number of rotatable bonds is 11. The zero-order valence-electron chi connectivity index (χ0n) is 24.1. The number of imide groups is 1. The molecule has 1 saturated heterocycles. The Morgan fingerprint density at radius 2 is 1.76 bits per heavy atom. The van der Waals surface area contributed by atoms with Gasteiger partial charge in [0.25, 0.3) is 11.1 Å². The third-order valence-corrected chi connectivity index (χ3v) is 7.58. The fraction of sp³-hybridized carbons (Fsp3) is 0.281. The molecule has 4 rings (SSSR count). The smallest absolute Gasteiger partial charge is 0.343 e. The number of carbonyl (C=O) groups is 3. The van der Waals surface area contributed by atoms with E-state index in [-0.39, 0.29) is 52.3 Å². The SMILES string of the molecule is CCOc1cc(/C=C2\SC(=O)N(CCOc3cc(C)ccc3C(C)C)C2=O)cc(Cl)c1OC(=O)c1ccc(OC)cc1. The molecule has 1 heterocycles. The summed E-state index contributed by atoms with van der Waals surface area (Å²) in [7, 11) is 1.53. The Balaban J connectivity index is 1.48. The summed E-state index contributed by atoms with van der Waals surface area (Å²) in [6, 6.07) is 15.6. The highest BCUT2D eigenvalue weighted by atomic mass is 35.5. The van der Waals surface area contributed by atoms with Gasteiger partial charge in [0.2, 0.25) is 0 Å². The van der Waals surface area contributed by atoms with Crippen molar-refractivity contribution in [3.8, 4) is 23.0 Å². The van der Waals surface area contributed by atoms with Gasteiger partial charge in [-0.1, -0.05) is 37.6 Å². The fourth-order valence-corrected chi connectivity index (χ4v) is 5.37. The summed E-state index contributed by atoms with van der Waals surface area (Å²) in [5.74, 6) is 0.856. The van der Waals surface area contributed by atoms with E-state index in [1.54, 1.807) is 49.4 Å². The predicted molar refractivity (Wildman–Crippen MR) is 164 cm³/mol. The molecular formula is C32H32ClNO7S. The van der Waals surface area contributed by atoms with Crippen molar-refractivity contribution in [3.05, 3.63) is 86.8 Å². The maximum Gasteiger partial charge on any atom is 0.343 e. The molecular weight excluding hydrogens is 578 g/mol. The Kier molecular flexibility index (Phi) is 10.2. The van der Waals surface area contributed by atoms with Gasteiger partial charge in [-0.25, -0.2) is 4.79 Å². The molecule has 0 aromatic heterocycles. The predicted octanol–water partition coefficient (Wildman–Crippen LogP) is 7.51. The molecule has 10 heteroatoms. The number of carbonyl (C=O) groups excluding carboxylic acids is 3. The van der Waals surface area contributed by atoms with Crippen molar-refractivity contribution in [3.63, 3.8) is 0 Å². The molecule has 0 N–H and O–H groups in total. The minimum Gasteiger partial charge on any atom is -0.497 e. The number of methoxy groups -OCH3 is 1. The van der Waals surface area contributed by atoms with Gasteiger partial charge < -0.3 is 18.9 Å². The second-order valence-electron chi connectivity index (χ2n) is 9.76. The van der Waals surface area contributed by atoms with Crippen LogP contribution in [-0.2, 0) is 4.79 Å². The van der Waals surface area contributed by atoms with Gasteiger partial charge in [0.05, 0.1) is 35.8 Å². The van der Waals surface area contributed by atoms with Gasteiger partial charge in [-0.05, 0) is 96.8 Å². The number of benzene rings is 3. The first-order chi connectivity index (χ1) is 20.1. The van der Waals surface area contributed by atoms with Crippen LogP contribution in [0.2, 0.25) is 5.02 Å². The minimum atomic E-state index is -0.622. The van der Waals surface area contributed by atoms with Gasteiger partial charge in [0, 0.05) is 0 Å². The first kappa shape index (κ1) is 31.0. The summed E-state index contributed by atoms with van der Waals surface area (Å²) in [6.45, 7) is 8.49. The van der Waals surface area contributed by atoms with Crippen LogP contribution in [0.3, 0.4) is 0 Å². The third-order valence-electron chi connectivity index (χ3n) is 6.39. The number of nitrogens with zero attached hydrogens (tertiary/aromatic N) is 1. The van der Waals surface area contributed by atoms with Gasteiger partial charge >= 0.3 is 5.97 Å². The van der Waals surface area contributed by atoms with Crippen LogP contribution in [-0.4, -0.2) is 48.9 Å². The number of hydrogen-bond donors (Lipinski definition) is 0. The summed E-state index contributed by atoms with van der Waals surface area (Å²) in [5.41, 5.74) is 2.94. The number of ether oxygens (including phenoxy) is 4. The number of amides is 2. The third kappa shape index (κ3) is 7.27. The minimum absolute atomic E-state index is 0.0543. The molecule has 0 radical (unpaired) electrons. The summed E-state index contributed by atoms with van der Waals surface area (Å²) in [4.78, 5) is 40.0. The molecule has 1 aliphatic heterocycles. The lowest BCUT2D eigenvalue weighted by Crippen LogP contribution is -2.32. The molecule has 1 aliphatic rings. The largest absolute Gasteiger partial charge is 0.497 e. The number of esters is 1. The molecule has 0 atom stereocenters. The first-order valence-electron chi connectivity index (χ1n) is 13.4. The van der Waals surface area contributed by atoms with Crippen molar-refractivity contribution in [2.45, 2.75) is 33.6 Å². The first-order valence-corrected chi connectivity index (χ1v) is 14.6. The highest BCUT2D eigenvalue weighted by Gasteiger charge is 2.35. The van der Waals surface area contributed by atoms with Gasteiger partial charge in [0.15, 0.2) is 11.5 Å². The lowest BCUT2D eigenvalue weighted by molar-refractivity contribution is -0.123. The van der Waals surface area contributed by atoms with E-state index in [1.807, 2.05) is 25.1 Å². The summed E-state index contributed by atoms with van der Waals surface area (Å²) in [6.07, 6.45) is 1.56. The van der Waals surface area contributed by atoms with Crippen LogP contribution in [0.1, 0.15) is 53.7 Å². The average Bonchev–Trinajstić information content (AvgIpc) is 3.22. The highest BCUT2D eigenvalue weighted by Crippen LogP contribution is 2.39. The standard InChI is InChI=1S/C32H32ClNO7S/c1-6-39-27-17-21(16-25(33)29(27)41-31(36)22-8-10-23(38-5)11-9-22)18-28-30(35)34(32(37)42-28)13-14-40-26-15-20(4)7-12-24(26)19(2)3/h7-12,15-19H,6,13-14H2,1-5H3/b28-18-. The maximum absolute atomic E-state index is 13.1. The maximum atomic E-state index is 13.1. The molecule has 3 aromatic carbocycles. The monoisotopic (exact) mass is 609 g/mol. The number of hydrogen-bond acceptors (Lipinski definition) is 8. The molecule has 0 aliphatic carbocycles. The van der Waals surface area contributed by atoms with Crippen LogP contribution in [0.5, 0.6) is 23.0 Å². The van der Waals surface area contributed by atoms with Crippen LogP contribution in [0, 0.1) is 6.92 Å². The Labute approximate surface area is 254 Å². The van der Waals surface area contributed by atoms with Crippen LogP contribution in [0.4, 0.5) is 4.79 Å². The van der Waals surface area contributed by atoms with Crippen LogP contribution in [0.15, 0.2) is 59.5 Å². The van der Waals surface area contributed by atoms with E-state index in [0.29, 0.717) is 16.9 Å². The van der Waals surface area contributed by atoms with E-state index < -0.39 is 11.9 Å². The van der Waals surface area contributed by atoms with Gasteiger partial charge in [-0.2, -0.15) is 0 Å². The van der Waals surface area contributed by atoms with E-state index in [2.05, 4.69) is 13.8 Å².